The minimum absolute atomic E-state index is 0.232. The molecular weight excluding hydrogens is 289 g/mol. The molecule has 1 atom stereocenters. The molecule has 1 aliphatic heterocycles. The van der Waals surface area contributed by atoms with Gasteiger partial charge >= 0.3 is 6.36 Å². The fourth-order valence-electron chi connectivity index (χ4n) is 1.66. The highest BCUT2D eigenvalue weighted by Gasteiger charge is 2.31. The average Bonchev–Trinajstić information content (AvgIpc) is 2.78. The van der Waals surface area contributed by atoms with Crippen LogP contribution >= 0.6 is 11.8 Å². The van der Waals surface area contributed by atoms with Crippen molar-refractivity contribution < 1.29 is 17.9 Å². The number of anilines is 1. The number of amidine groups is 1. The number of nitrogens with zero attached hydrogens (tertiary/aromatic N) is 1. The monoisotopic (exact) mass is 304 g/mol. The van der Waals surface area contributed by atoms with Gasteiger partial charge in [-0.05, 0) is 30.2 Å². The Morgan fingerprint density at radius 3 is 2.45 bits per heavy atom. The van der Waals surface area contributed by atoms with E-state index < -0.39 is 6.36 Å². The van der Waals surface area contributed by atoms with Crippen LogP contribution in [0.25, 0.3) is 0 Å². The summed E-state index contributed by atoms with van der Waals surface area (Å²) >= 11 is 1.62. The van der Waals surface area contributed by atoms with Crippen molar-refractivity contribution in [3.05, 3.63) is 24.3 Å². The van der Waals surface area contributed by atoms with Crippen molar-refractivity contribution in [3.63, 3.8) is 0 Å². The lowest BCUT2D eigenvalue weighted by Gasteiger charge is -2.10. The molecular formula is C13H15F3N2OS. The molecule has 0 aromatic heterocycles. The number of rotatable bonds is 3. The highest BCUT2D eigenvalue weighted by atomic mass is 32.2. The Labute approximate surface area is 119 Å². The number of thioether (sulfide) groups is 1. The lowest BCUT2D eigenvalue weighted by atomic mass is 10.1. The summed E-state index contributed by atoms with van der Waals surface area (Å²) < 4.78 is 39.9. The van der Waals surface area contributed by atoms with Gasteiger partial charge in [0.1, 0.15) is 5.75 Å². The van der Waals surface area contributed by atoms with E-state index in [-0.39, 0.29) is 11.8 Å². The Balaban J connectivity index is 1.96. The maximum Gasteiger partial charge on any atom is 0.573 e. The van der Waals surface area contributed by atoms with Crippen LogP contribution in [0.5, 0.6) is 5.75 Å². The molecule has 1 unspecified atom stereocenters. The third-order valence-corrected chi connectivity index (χ3v) is 3.77. The van der Waals surface area contributed by atoms with Crippen molar-refractivity contribution in [2.45, 2.75) is 26.3 Å². The molecule has 1 aromatic rings. The van der Waals surface area contributed by atoms with Gasteiger partial charge in [0.15, 0.2) is 5.17 Å². The van der Waals surface area contributed by atoms with Gasteiger partial charge in [0.25, 0.3) is 0 Å². The van der Waals surface area contributed by atoms with Crippen molar-refractivity contribution in [1.82, 2.24) is 0 Å². The van der Waals surface area contributed by atoms with Crippen LogP contribution in [0.2, 0.25) is 0 Å². The van der Waals surface area contributed by atoms with Gasteiger partial charge in [-0.25, -0.2) is 0 Å². The van der Waals surface area contributed by atoms with Crippen LogP contribution in [0.3, 0.4) is 0 Å². The normalized spacial score (nSPS) is 19.1. The Morgan fingerprint density at radius 2 is 1.95 bits per heavy atom. The van der Waals surface area contributed by atoms with E-state index in [0.717, 1.165) is 10.9 Å². The van der Waals surface area contributed by atoms with Gasteiger partial charge in [0, 0.05) is 11.4 Å². The summed E-state index contributed by atoms with van der Waals surface area (Å²) in [5, 5.41) is 3.89. The number of hydrogen-bond donors (Lipinski definition) is 1. The third-order valence-electron chi connectivity index (χ3n) is 2.78. The van der Waals surface area contributed by atoms with E-state index in [9.17, 15) is 13.2 Å². The SMILES string of the molecule is CC(C)C1CSC(Nc2ccc(OC(F)(F)F)cc2)=N1. The summed E-state index contributed by atoms with van der Waals surface area (Å²) in [7, 11) is 0. The van der Waals surface area contributed by atoms with E-state index in [1.807, 2.05) is 0 Å². The van der Waals surface area contributed by atoms with Crippen LogP contribution < -0.4 is 10.1 Å². The Morgan fingerprint density at radius 1 is 1.30 bits per heavy atom. The van der Waals surface area contributed by atoms with Crippen molar-refractivity contribution in [2.75, 3.05) is 11.1 Å². The van der Waals surface area contributed by atoms with Gasteiger partial charge in [0.05, 0.1) is 6.04 Å². The van der Waals surface area contributed by atoms with E-state index in [1.165, 1.54) is 24.3 Å². The van der Waals surface area contributed by atoms with Crippen LogP contribution in [-0.4, -0.2) is 23.3 Å². The first-order chi connectivity index (χ1) is 9.33. The molecule has 1 aromatic carbocycles. The number of benzene rings is 1. The molecule has 110 valence electrons. The van der Waals surface area contributed by atoms with Gasteiger partial charge in [0.2, 0.25) is 0 Å². The molecule has 0 spiro atoms. The van der Waals surface area contributed by atoms with Crippen molar-refractivity contribution in [3.8, 4) is 5.75 Å². The molecule has 0 saturated heterocycles. The molecule has 1 heterocycles. The van der Waals surface area contributed by atoms with E-state index in [4.69, 9.17) is 0 Å². The topological polar surface area (TPSA) is 33.6 Å². The Bertz CT molecular complexity index is 485. The lowest BCUT2D eigenvalue weighted by molar-refractivity contribution is -0.274. The summed E-state index contributed by atoms with van der Waals surface area (Å²) in [6.07, 6.45) is -4.66. The van der Waals surface area contributed by atoms with Gasteiger partial charge in [-0.2, -0.15) is 0 Å². The van der Waals surface area contributed by atoms with E-state index in [2.05, 4.69) is 28.9 Å². The van der Waals surface area contributed by atoms with Gasteiger partial charge in [-0.15, -0.1) is 13.2 Å². The van der Waals surface area contributed by atoms with Gasteiger partial charge in [-0.3, -0.25) is 4.99 Å². The quantitative estimate of drug-likeness (QED) is 0.912. The smallest absolute Gasteiger partial charge is 0.406 e. The first kappa shape index (κ1) is 15.0. The maximum atomic E-state index is 12.0. The second-order valence-electron chi connectivity index (χ2n) is 4.75. The molecule has 3 nitrogen and oxygen atoms in total. The second kappa shape index (κ2) is 5.95. The number of ether oxygens (including phenoxy) is 1. The number of halogens is 3. The number of aliphatic imine (C=N–C) groups is 1. The zero-order chi connectivity index (χ0) is 14.8. The van der Waals surface area contributed by atoms with Crippen LogP contribution in [0.1, 0.15) is 13.8 Å². The summed E-state index contributed by atoms with van der Waals surface area (Å²) in [5.41, 5.74) is 0.690. The minimum atomic E-state index is -4.66. The predicted molar refractivity (Wildman–Crippen MR) is 75.3 cm³/mol. The molecule has 0 fully saturated rings. The third kappa shape index (κ3) is 4.33. The Hall–Kier alpha value is -1.37. The zero-order valence-electron chi connectivity index (χ0n) is 11.1. The fourth-order valence-corrected chi connectivity index (χ4v) is 2.85. The van der Waals surface area contributed by atoms with Crippen LogP contribution in [-0.2, 0) is 0 Å². The second-order valence-corrected chi connectivity index (χ2v) is 5.76. The van der Waals surface area contributed by atoms with Gasteiger partial charge < -0.3 is 10.1 Å². The minimum Gasteiger partial charge on any atom is -0.406 e. The number of alkyl halides is 3. The lowest BCUT2D eigenvalue weighted by Crippen LogP contribution is -2.17. The summed E-state index contributed by atoms with van der Waals surface area (Å²) in [4.78, 5) is 4.52. The van der Waals surface area contributed by atoms with Gasteiger partial charge in [-0.1, -0.05) is 25.6 Å². The first-order valence-corrected chi connectivity index (χ1v) is 7.15. The highest BCUT2D eigenvalue weighted by Crippen LogP contribution is 2.27. The van der Waals surface area contributed by atoms with E-state index >= 15 is 0 Å². The first-order valence-electron chi connectivity index (χ1n) is 6.17. The number of nitrogens with one attached hydrogen (secondary N) is 1. The maximum absolute atomic E-state index is 12.0. The number of hydrogen-bond acceptors (Lipinski definition) is 4. The molecule has 7 heteroatoms. The molecule has 20 heavy (non-hydrogen) atoms. The zero-order valence-corrected chi connectivity index (χ0v) is 11.9. The van der Waals surface area contributed by atoms with Crippen LogP contribution in [0, 0.1) is 5.92 Å². The molecule has 0 bridgehead atoms. The molecule has 0 saturated carbocycles. The highest BCUT2D eigenvalue weighted by molar-refractivity contribution is 8.14. The molecule has 0 aliphatic carbocycles. The van der Waals surface area contributed by atoms with Crippen molar-refractivity contribution >= 4 is 22.6 Å². The average molecular weight is 304 g/mol. The van der Waals surface area contributed by atoms with Crippen molar-refractivity contribution in [2.24, 2.45) is 10.9 Å². The largest absolute Gasteiger partial charge is 0.573 e. The summed E-state index contributed by atoms with van der Waals surface area (Å²) in [6, 6.07) is 5.90. The summed E-state index contributed by atoms with van der Waals surface area (Å²) in [6.45, 7) is 4.22. The molecule has 0 amide bonds. The molecule has 1 N–H and O–H groups in total. The van der Waals surface area contributed by atoms with E-state index in [0.29, 0.717) is 11.6 Å². The predicted octanol–water partition coefficient (Wildman–Crippen LogP) is 4.12. The molecule has 1 aliphatic rings. The fraction of sp³-hybridized carbons (Fsp3) is 0.462. The Kier molecular flexibility index (Phi) is 4.47. The van der Waals surface area contributed by atoms with E-state index in [1.54, 1.807) is 11.8 Å². The standard InChI is InChI=1S/C13H15F3N2OS/c1-8(2)11-7-20-12(18-11)17-9-3-5-10(6-4-9)19-13(14,15)16/h3-6,8,11H,7H2,1-2H3,(H,17,18). The molecule has 2 rings (SSSR count). The molecule has 0 radical (unpaired) electrons. The van der Waals surface area contributed by atoms with Crippen LogP contribution in [0.15, 0.2) is 29.3 Å². The van der Waals surface area contributed by atoms with Crippen molar-refractivity contribution in [1.29, 1.82) is 0 Å². The summed E-state index contributed by atoms with van der Waals surface area (Å²) in [5.74, 6) is 1.17. The van der Waals surface area contributed by atoms with Crippen LogP contribution in [0.4, 0.5) is 18.9 Å².